The third-order valence-corrected chi connectivity index (χ3v) is 3.39. The van der Waals surface area contributed by atoms with Crippen LogP contribution in [0.15, 0.2) is 35.4 Å². The number of methoxy groups -OCH3 is 1. The molecule has 1 amide bonds. The SMILES string of the molecule is COCCc1ccccc1NC(=O)C(C)=C1CNC1. The van der Waals surface area contributed by atoms with Crippen molar-refractivity contribution in [1.29, 1.82) is 0 Å². The third-order valence-electron chi connectivity index (χ3n) is 3.39. The average Bonchev–Trinajstić information content (AvgIpc) is 2.35. The predicted molar refractivity (Wildman–Crippen MR) is 76.2 cm³/mol. The number of rotatable bonds is 5. The molecule has 2 N–H and O–H groups in total. The summed E-state index contributed by atoms with van der Waals surface area (Å²) in [5.41, 5.74) is 3.98. The maximum atomic E-state index is 12.1. The molecule has 1 fully saturated rings. The molecule has 0 spiro atoms. The number of anilines is 1. The van der Waals surface area contributed by atoms with Crippen LogP contribution in [0.25, 0.3) is 0 Å². The average molecular weight is 260 g/mol. The molecule has 102 valence electrons. The minimum absolute atomic E-state index is 0.0126. The quantitative estimate of drug-likeness (QED) is 0.793. The molecule has 19 heavy (non-hydrogen) atoms. The first-order valence-electron chi connectivity index (χ1n) is 6.50. The molecule has 1 saturated heterocycles. The Hall–Kier alpha value is -1.65. The molecule has 4 heteroatoms. The summed E-state index contributed by atoms with van der Waals surface area (Å²) in [7, 11) is 1.68. The molecule has 4 nitrogen and oxygen atoms in total. The zero-order valence-electron chi connectivity index (χ0n) is 11.5. The molecule has 1 aromatic carbocycles. The number of para-hydroxylation sites is 1. The van der Waals surface area contributed by atoms with E-state index in [0.717, 1.165) is 36.3 Å². The fourth-order valence-corrected chi connectivity index (χ4v) is 1.96. The number of benzene rings is 1. The van der Waals surface area contributed by atoms with E-state index in [2.05, 4.69) is 10.6 Å². The summed E-state index contributed by atoms with van der Waals surface area (Å²) in [6, 6.07) is 7.85. The van der Waals surface area contributed by atoms with E-state index < -0.39 is 0 Å². The monoisotopic (exact) mass is 260 g/mol. The van der Waals surface area contributed by atoms with E-state index >= 15 is 0 Å². The lowest BCUT2D eigenvalue weighted by Gasteiger charge is -2.21. The first kappa shape index (κ1) is 13.8. The molecule has 1 aromatic rings. The molecule has 0 aromatic heterocycles. The van der Waals surface area contributed by atoms with E-state index in [-0.39, 0.29) is 5.91 Å². The van der Waals surface area contributed by atoms with E-state index in [4.69, 9.17) is 4.74 Å². The van der Waals surface area contributed by atoms with Gasteiger partial charge >= 0.3 is 0 Å². The van der Waals surface area contributed by atoms with Crippen LogP contribution in [0, 0.1) is 0 Å². The maximum Gasteiger partial charge on any atom is 0.251 e. The van der Waals surface area contributed by atoms with Crippen LogP contribution in [0.4, 0.5) is 5.69 Å². The van der Waals surface area contributed by atoms with Gasteiger partial charge in [-0.2, -0.15) is 0 Å². The van der Waals surface area contributed by atoms with Gasteiger partial charge in [0.2, 0.25) is 0 Å². The van der Waals surface area contributed by atoms with E-state index in [1.54, 1.807) is 7.11 Å². The lowest BCUT2D eigenvalue weighted by atomic mass is 10.0. The predicted octanol–water partition coefficient (Wildman–Crippen LogP) is 1.73. The van der Waals surface area contributed by atoms with Gasteiger partial charge < -0.3 is 15.4 Å². The number of carbonyl (C=O) groups is 1. The Morgan fingerprint density at radius 1 is 1.37 bits per heavy atom. The van der Waals surface area contributed by atoms with Gasteiger partial charge in [0.15, 0.2) is 0 Å². The minimum atomic E-state index is -0.0126. The minimum Gasteiger partial charge on any atom is -0.384 e. The van der Waals surface area contributed by atoms with Crippen LogP contribution in [-0.4, -0.2) is 32.7 Å². The van der Waals surface area contributed by atoms with Crippen LogP contribution in [0.2, 0.25) is 0 Å². The topological polar surface area (TPSA) is 50.4 Å². The third kappa shape index (κ3) is 3.43. The van der Waals surface area contributed by atoms with Gasteiger partial charge in [0.25, 0.3) is 5.91 Å². The summed E-state index contributed by atoms with van der Waals surface area (Å²) in [5, 5.41) is 6.13. The zero-order valence-corrected chi connectivity index (χ0v) is 11.5. The van der Waals surface area contributed by atoms with Crippen LogP contribution in [0.3, 0.4) is 0 Å². The second kappa shape index (κ2) is 6.50. The first-order chi connectivity index (χ1) is 9.22. The molecule has 1 heterocycles. The smallest absolute Gasteiger partial charge is 0.251 e. The van der Waals surface area contributed by atoms with Gasteiger partial charge in [-0.05, 0) is 30.5 Å². The van der Waals surface area contributed by atoms with Gasteiger partial charge in [-0.15, -0.1) is 0 Å². The fraction of sp³-hybridized carbons (Fsp3) is 0.400. The lowest BCUT2D eigenvalue weighted by molar-refractivity contribution is -0.112. The summed E-state index contributed by atoms with van der Waals surface area (Å²) < 4.78 is 5.09. The van der Waals surface area contributed by atoms with Gasteiger partial charge in [-0.25, -0.2) is 0 Å². The van der Waals surface area contributed by atoms with Crippen molar-refractivity contribution in [3.8, 4) is 0 Å². The number of hydrogen-bond donors (Lipinski definition) is 2. The molecule has 0 bridgehead atoms. The molecular formula is C15H20N2O2. The van der Waals surface area contributed by atoms with Crippen molar-refractivity contribution < 1.29 is 9.53 Å². The molecule has 2 rings (SSSR count). The van der Waals surface area contributed by atoms with E-state index in [0.29, 0.717) is 6.61 Å². The molecule has 1 aliphatic rings. The summed E-state index contributed by atoms with van der Waals surface area (Å²) in [6.07, 6.45) is 0.796. The van der Waals surface area contributed by atoms with Crippen molar-refractivity contribution in [3.05, 3.63) is 41.0 Å². The molecule has 0 saturated carbocycles. The molecule has 1 aliphatic heterocycles. The van der Waals surface area contributed by atoms with Gasteiger partial charge in [0.1, 0.15) is 0 Å². The van der Waals surface area contributed by atoms with E-state index in [1.165, 1.54) is 5.57 Å². The van der Waals surface area contributed by atoms with Crippen LogP contribution in [-0.2, 0) is 16.0 Å². The maximum absolute atomic E-state index is 12.1. The highest BCUT2D eigenvalue weighted by Crippen LogP contribution is 2.18. The normalized spacial score (nSPS) is 13.9. The van der Waals surface area contributed by atoms with Crippen LogP contribution in [0.5, 0.6) is 0 Å². The number of nitrogens with one attached hydrogen (secondary N) is 2. The number of amides is 1. The molecular weight excluding hydrogens is 240 g/mol. The fourth-order valence-electron chi connectivity index (χ4n) is 1.96. The summed E-state index contributed by atoms with van der Waals surface area (Å²) >= 11 is 0. The Balaban J connectivity index is 2.08. The zero-order chi connectivity index (χ0) is 13.7. The van der Waals surface area contributed by atoms with Gasteiger partial charge in [-0.3, -0.25) is 4.79 Å². The Bertz CT molecular complexity index is 489. The first-order valence-corrected chi connectivity index (χ1v) is 6.50. The number of hydrogen-bond acceptors (Lipinski definition) is 3. The van der Waals surface area contributed by atoms with Gasteiger partial charge in [0, 0.05) is 31.5 Å². The van der Waals surface area contributed by atoms with Crippen molar-refractivity contribution in [2.45, 2.75) is 13.3 Å². The molecule has 0 unspecified atom stereocenters. The largest absolute Gasteiger partial charge is 0.384 e. The highest BCUT2D eigenvalue weighted by Gasteiger charge is 2.16. The Labute approximate surface area is 113 Å². The number of carbonyl (C=O) groups excluding carboxylic acids is 1. The van der Waals surface area contributed by atoms with Crippen LogP contribution < -0.4 is 10.6 Å². The standard InChI is InChI=1S/C15H20N2O2/c1-11(13-9-16-10-13)15(18)17-14-6-4-3-5-12(14)7-8-19-2/h3-6,16H,7-10H2,1-2H3,(H,17,18). The summed E-state index contributed by atoms with van der Waals surface area (Å²) in [5.74, 6) is -0.0126. The van der Waals surface area contributed by atoms with Crippen molar-refractivity contribution >= 4 is 11.6 Å². The van der Waals surface area contributed by atoms with Crippen molar-refractivity contribution in [2.24, 2.45) is 0 Å². The molecule has 0 aliphatic carbocycles. The molecule has 0 radical (unpaired) electrons. The van der Waals surface area contributed by atoms with E-state index in [1.807, 2.05) is 31.2 Å². The highest BCUT2D eigenvalue weighted by atomic mass is 16.5. The van der Waals surface area contributed by atoms with Crippen LogP contribution in [0.1, 0.15) is 12.5 Å². The van der Waals surface area contributed by atoms with Crippen molar-refractivity contribution in [1.82, 2.24) is 5.32 Å². The van der Waals surface area contributed by atoms with Gasteiger partial charge in [0.05, 0.1) is 6.61 Å². The summed E-state index contributed by atoms with van der Waals surface area (Å²) in [6.45, 7) is 4.18. The second-order valence-corrected chi connectivity index (χ2v) is 4.69. The lowest BCUT2D eigenvalue weighted by Crippen LogP contribution is -2.36. The Kier molecular flexibility index (Phi) is 4.71. The van der Waals surface area contributed by atoms with Crippen LogP contribution >= 0.6 is 0 Å². The van der Waals surface area contributed by atoms with Crippen molar-refractivity contribution in [2.75, 3.05) is 32.1 Å². The number of ether oxygens (including phenoxy) is 1. The second-order valence-electron chi connectivity index (χ2n) is 4.69. The van der Waals surface area contributed by atoms with Crippen molar-refractivity contribution in [3.63, 3.8) is 0 Å². The Morgan fingerprint density at radius 3 is 2.74 bits per heavy atom. The Morgan fingerprint density at radius 2 is 2.11 bits per heavy atom. The van der Waals surface area contributed by atoms with Gasteiger partial charge in [-0.1, -0.05) is 18.2 Å². The molecule has 0 atom stereocenters. The highest BCUT2D eigenvalue weighted by molar-refractivity contribution is 6.04. The van der Waals surface area contributed by atoms with E-state index in [9.17, 15) is 4.79 Å². The summed E-state index contributed by atoms with van der Waals surface area (Å²) in [4.78, 5) is 12.1.